The van der Waals surface area contributed by atoms with E-state index in [9.17, 15) is 9.90 Å². The lowest BCUT2D eigenvalue weighted by Crippen LogP contribution is -2.33. The van der Waals surface area contributed by atoms with Crippen molar-refractivity contribution in [1.82, 2.24) is 0 Å². The van der Waals surface area contributed by atoms with Gasteiger partial charge in [0.05, 0.1) is 0 Å². The van der Waals surface area contributed by atoms with E-state index in [-0.39, 0.29) is 17.1 Å². The van der Waals surface area contributed by atoms with Crippen LogP contribution in [0.15, 0.2) is 36.4 Å². The molecule has 1 amide bonds. The molecule has 1 unspecified atom stereocenters. The van der Waals surface area contributed by atoms with E-state index in [0.29, 0.717) is 22.9 Å². The fraction of sp³-hybridized carbons (Fsp3) is 0.567. The largest absolute Gasteiger partial charge is 0.508 e. The van der Waals surface area contributed by atoms with Crippen LogP contribution in [0.4, 0.5) is 5.69 Å². The van der Waals surface area contributed by atoms with Gasteiger partial charge in [0, 0.05) is 22.3 Å². The normalized spacial score (nSPS) is 12.4. The zero-order valence-electron chi connectivity index (χ0n) is 22.0. The first-order chi connectivity index (χ1) is 16.7. The van der Waals surface area contributed by atoms with Crippen LogP contribution >= 0.6 is 11.6 Å². The molecule has 0 bridgehead atoms. The second-order valence-electron chi connectivity index (χ2n) is 10.4. The quantitative estimate of drug-likeness (QED) is 0.240. The molecule has 0 heterocycles. The average molecular weight is 501 g/mol. The Morgan fingerprint density at radius 3 is 2.20 bits per heavy atom. The van der Waals surface area contributed by atoms with Crippen LogP contribution in [0, 0.1) is 6.07 Å². The lowest BCUT2D eigenvalue weighted by molar-refractivity contribution is -0.123. The van der Waals surface area contributed by atoms with Crippen molar-refractivity contribution in [3.63, 3.8) is 0 Å². The molecule has 2 aromatic rings. The third-order valence-corrected chi connectivity index (χ3v) is 6.44. The molecule has 5 heteroatoms. The number of benzene rings is 2. The fourth-order valence-electron chi connectivity index (χ4n) is 4.12. The molecule has 0 aliphatic carbocycles. The van der Waals surface area contributed by atoms with E-state index in [0.717, 1.165) is 18.4 Å². The standard InChI is InChI=1S/C30H43ClNO3/c1-5-6-7-8-9-10-11-12-13-14-15-28(29(34)32-24-18-16-23(31)17-19-24)35-25-20-21-27(33)26(22-25)30(2,3)4/h16,18-22,28,33H,5-15H2,1-4H3,(H,32,34). The van der Waals surface area contributed by atoms with E-state index < -0.39 is 6.10 Å². The molecule has 0 saturated heterocycles. The Balaban J connectivity index is 1.95. The van der Waals surface area contributed by atoms with Gasteiger partial charge in [0.2, 0.25) is 0 Å². The summed E-state index contributed by atoms with van der Waals surface area (Å²) in [5, 5.41) is 13.7. The number of unbranched alkanes of at least 4 members (excludes halogenated alkanes) is 9. The van der Waals surface area contributed by atoms with Gasteiger partial charge in [-0.15, -0.1) is 0 Å². The molecule has 2 rings (SSSR count). The molecule has 2 aromatic carbocycles. The Hall–Kier alpha value is -2.20. The zero-order chi connectivity index (χ0) is 25.7. The Kier molecular flexibility index (Phi) is 12.5. The van der Waals surface area contributed by atoms with Gasteiger partial charge >= 0.3 is 0 Å². The molecule has 0 aromatic heterocycles. The number of carbonyl (C=O) groups excluding carboxylic acids is 1. The number of anilines is 1. The highest BCUT2D eigenvalue weighted by Crippen LogP contribution is 2.34. The topological polar surface area (TPSA) is 58.6 Å². The van der Waals surface area contributed by atoms with Gasteiger partial charge in [-0.05, 0) is 54.7 Å². The minimum Gasteiger partial charge on any atom is -0.508 e. The van der Waals surface area contributed by atoms with Crippen molar-refractivity contribution in [2.24, 2.45) is 0 Å². The number of carbonyl (C=O) groups is 1. The maximum Gasteiger partial charge on any atom is 0.265 e. The van der Waals surface area contributed by atoms with Gasteiger partial charge in [0.25, 0.3) is 5.91 Å². The smallest absolute Gasteiger partial charge is 0.265 e. The molecule has 1 radical (unpaired) electrons. The summed E-state index contributed by atoms with van der Waals surface area (Å²) < 4.78 is 6.19. The van der Waals surface area contributed by atoms with E-state index in [1.807, 2.05) is 26.8 Å². The molecule has 0 fully saturated rings. The Labute approximate surface area is 217 Å². The van der Waals surface area contributed by atoms with Crippen molar-refractivity contribution in [2.75, 3.05) is 5.32 Å². The molecular formula is C30H43ClNO3. The maximum atomic E-state index is 13.1. The van der Waals surface area contributed by atoms with Gasteiger partial charge < -0.3 is 15.2 Å². The summed E-state index contributed by atoms with van der Waals surface area (Å²) >= 11 is 5.92. The molecule has 193 valence electrons. The summed E-state index contributed by atoms with van der Waals surface area (Å²) in [6.07, 6.45) is 12.4. The van der Waals surface area contributed by atoms with E-state index in [1.165, 1.54) is 51.4 Å². The van der Waals surface area contributed by atoms with Crippen molar-refractivity contribution in [2.45, 2.75) is 110 Å². The highest BCUT2D eigenvalue weighted by Gasteiger charge is 2.23. The zero-order valence-corrected chi connectivity index (χ0v) is 22.7. The van der Waals surface area contributed by atoms with Crippen molar-refractivity contribution in [1.29, 1.82) is 0 Å². The van der Waals surface area contributed by atoms with E-state index in [1.54, 1.807) is 30.3 Å². The second-order valence-corrected chi connectivity index (χ2v) is 10.8. The first-order valence-electron chi connectivity index (χ1n) is 13.2. The summed E-state index contributed by atoms with van der Waals surface area (Å²) in [6, 6.07) is 13.2. The highest BCUT2D eigenvalue weighted by molar-refractivity contribution is 6.30. The van der Waals surface area contributed by atoms with Crippen LogP contribution in [0.2, 0.25) is 5.02 Å². The number of phenolic OH excluding ortho intramolecular Hbond substituents is 1. The first kappa shape index (κ1) is 29.0. The molecule has 4 nitrogen and oxygen atoms in total. The van der Waals surface area contributed by atoms with Gasteiger partial charge in [-0.3, -0.25) is 4.79 Å². The minimum atomic E-state index is -0.628. The number of phenols is 1. The number of ether oxygens (including phenoxy) is 1. The third-order valence-electron chi connectivity index (χ3n) is 6.21. The number of aromatic hydroxyl groups is 1. The summed E-state index contributed by atoms with van der Waals surface area (Å²) in [5.74, 6) is 0.627. The number of nitrogens with one attached hydrogen (secondary N) is 1. The van der Waals surface area contributed by atoms with Gasteiger partial charge in [-0.2, -0.15) is 0 Å². The second kappa shape index (κ2) is 15.0. The third kappa shape index (κ3) is 10.9. The molecule has 0 aliphatic heterocycles. The first-order valence-corrected chi connectivity index (χ1v) is 13.6. The number of halogens is 1. The Morgan fingerprint density at radius 2 is 1.63 bits per heavy atom. The lowest BCUT2D eigenvalue weighted by atomic mass is 9.86. The fourth-order valence-corrected chi connectivity index (χ4v) is 4.24. The molecule has 0 saturated carbocycles. The van der Waals surface area contributed by atoms with E-state index in [2.05, 4.69) is 18.3 Å². The van der Waals surface area contributed by atoms with Gasteiger partial charge in [0.1, 0.15) is 11.5 Å². The predicted octanol–water partition coefficient (Wildman–Crippen LogP) is 8.84. The monoisotopic (exact) mass is 500 g/mol. The van der Waals surface area contributed by atoms with Gasteiger partial charge in [-0.1, -0.05) is 97.1 Å². The predicted molar refractivity (Wildman–Crippen MR) is 147 cm³/mol. The minimum absolute atomic E-state index is 0.193. The van der Waals surface area contributed by atoms with Crippen molar-refractivity contribution in [3.8, 4) is 11.5 Å². The number of hydrogen-bond acceptors (Lipinski definition) is 3. The van der Waals surface area contributed by atoms with Gasteiger partial charge in [-0.25, -0.2) is 0 Å². The van der Waals surface area contributed by atoms with Crippen LogP contribution in [-0.2, 0) is 10.2 Å². The van der Waals surface area contributed by atoms with Crippen LogP contribution in [0.3, 0.4) is 0 Å². The Morgan fingerprint density at radius 1 is 1.00 bits per heavy atom. The van der Waals surface area contributed by atoms with Crippen molar-refractivity contribution >= 4 is 23.2 Å². The molecule has 0 aliphatic rings. The molecule has 0 spiro atoms. The van der Waals surface area contributed by atoms with Crippen LogP contribution in [0.5, 0.6) is 11.5 Å². The molecule has 2 N–H and O–H groups in total. The summed E-state index contributed by atoms with van der Waals surface area (Å²) in [7, 11) is 0. The number of rotatable bonds is 15. The van der Waals surface area contributed by atoms with Crippen LogP contribution < -0.4 is 10.1 Å². The van der Waals surface area contributed by atoms with E-state index >= 15 is 0 Å². The van der Waals surface area contributed by atoms with Crippen LogP contribution in [-0.4, -0.2) is 17.1 Å². The average Bonchev–Trinajstić information content (AvgIpc) is 2.81. The summed E-state index contributed by atoms with van der Waals surface area (Å²) in [4.78, 5) is 13.1. The highest BCUT2D eigenvalue weighted by atomic mass is 35.5. The number of amides is 1. The molecule has 1 atom stereocenters. The summed E-state index contributed by atoms with van der Waals surface area (Å²) in [5.41, 5.74) is 1.19. The molecular weight excluding hydrogens is 458 g/mol. The Bertz CT molecular complexity index is 889. The molecule has 35 heavy (non-hydrogen) atoms. The van der Waals surface area contributed by atoms with Crippen molar-refractivity contribution < 1.29 is 14.6 Å². The van der Waals surface area contributed by atoms with Crippen molar-refractivity contribution in [3.05, 3.63) is 53.1 Å². The maximum absolute atomic E-state index is 13.1. The lowest BCUT2D eigenvalue weighted by Gasteiger charge is -2.23. The SMILES string of the molecule is CCCCCCCCCCCCC(Oc1ccc(O)c(C(C)(C)C)c1)C(=O)Nc1c[c]c(Cl)cc1. The van der Waals surface area contributed by atoms with E-state index in [4.69, 9.17) is 16.3 Å². The number of hydrogen-bond donors (Lipinski definition) is 2. The van der Waals surface area contributed by atoms with Crippen LogP contribution in [0.25, 0.3) is 0 Å². The van der Waals surface area contributed by atoms with Gasteiger partial charge in [0.15, 0.2) is 6.10 Å². The summed E-state index contributed by atoms with van der Waals surface area (Å²) in [6.45, 7) is 8.36. The van der Waals surface area contributed by atoms with Crippen LogP contribution in [0.1, 0.15) is 104 Å².